The molecule has 0 bridgehead atoms. The Kier molecular flexibility index (Phi) is 7.37. The van der Waals surface area contributed by atoms with Gasteiger partial charge in [-0.05, 0) is 47.1 Å². The molecule has 3 N–H and O–H groups in total. The highest BCUT2D eigenvalue weighted by Crippen LogP contribution is 2.10. The van der Waals surface area contributed by atoms with Crippen molar-refractivity contribution in [1.29, 1.82) is 0 Å². The van der Waals surface area contributed by atoms with E-state index in [1.54, 1.807) is 6.92 Å². The second-order valence-corrected chi connectivity index (χ2v) is 6.01. The molecule has 1 saturated heterocycles. The highest BCUT2D eigenvalue weighted by atomic mass is 35.5. The quantitative estimate of drug-likeness (QED) is 0.721. The van der Waals surface area contributed by atoms with E-state index in [0.717, 1.165) is 19.4 Å². The van der Waals surface area contributed by atoms with Gasteiger partial charge in [0.15, 0.2) is 0 Å². The number of carbonyl (C=O) groups excluding carboxylic acids is 2. The molecule has 5 nitrogen and oxygen atoms in total. The lowest BCUT2D eigenvalue weighted by molar-refractivity contribution is -0.131. The summed E-state index contributed by atoms with van der Waals surface area (Å²) >= 11 is 0. The second-order valence-electron chi connectivity index (χ2n) is 6.01. The lowest BCUT2D eigenvalue weighted by Crippen LogP contribution is -2.52. The summed E-state index contributed by atoms with van der Waals surface area (Å²) in [6.07, 6.45) is 1.91. The molecule has 0 saturated carbocycles. The minimum Gasteiger partial charge on any atom is -0.350 e. The summed E-state index contributed by atoms with van der Waals surface area (Å²) in [6, 6.07) is -0.487. The largest absolute Gasteiger partial charge is 0.350 e. The van der Waals surface area contributed by atoms with Gasteiger partial charge in [-0.3, -0.25) is 9.59 Å². The van der Waals surface area contributed by atoms with E-state index in [9.17, 15) is 9.59 Å². The second kappa shape index (κ2) is 7.70. The van der Waals surface area contributed by atoms with Gasteiger partial charge in [-0.15, -0.1) is 12.4 Å². The maximum absolute atomic E-state index is 11.9. The van der Waals surface area contributed by atoms with Crippen LogP contribution in [0.25, 0.3) is 0 Å². The zero-order chi connectivity index (χ0) is 13.8. The summed E-state index contributed by atoms with van der Waals surface area (Å²) in [4.78, 5) is 23.8. The van der Waals surface area contributed by atoms with Crippen molar-refractivity contribution < 1.29 is 9.59 Å². The summed E-state index contributed by atoms with van der Waals surface area (Å²) in [5.74, 6) is -0.179. The fourth-order valence-electron chi connectivity index (χ4n) is 1.95. The standard InChI is InChI=1S/C13H25N3O2.ClH/c1-9(11(17)16-13(2,3)4)15-12(18)10-6-5-7-14-8-10;/h9-10,14H,5-8H2,1-4H3,(H,15,18)(H,16,17);1H. The van der Waals surface area contributed by atoms with Crippen molar-refractivity contribution in [1.82, 2.24) is 16.0 Å². The van der Waals surface area contributed by atoms with E-state index in [1.165, 1.54) is 0 Å². The predicted octanol–water partition coefficient (Wildman–Crippen LogP) is 0.827. The van der Waals surface area contributed by atoms with Gasteiger partial charge < -0.3 is 16.0 Å². The first-order valence-corrected chi connectivity index (χ1v) is 6.63. The number of halogens is 1. The lowest BCUT2D eigenvalue weighted by Gasteiger charge is -2.26. The maximum Gasteiger partial charge on any atom is 0.242 e. The van der Waals surface area contributed by atoms with Crippen LogP contribution in [0.2, 0.25) is 0 Å². The van der Waals surface area contributed by atoms with Crippen LogP contribution in [0.5, 0.6) is 0 Å². The van der Waals surface area contributed by atoms with Crippen molar-refractivity contribution >= 4 is 24.2 Å². The van der Waals surface area contributed by atoms with E-state index in [1.807, 2.05) is 20.8 Å². The number of nitrogens with one attached hydrogen (secondary N) is 3. The number of hydrogen-bond donors (Lipinski definition) is 3. The Bertz CT molecular complexity index is 310. The molecule has 2 atom stereocenters. The van der Waals surface area contributed by atoms with Crippen LogP contribution in [0.3, 0.4) is 0 Å². The first-order valence-electron chi connectivity index (χ1n) is 6.63. The molecule has 0 aromatic carbocycles. The topological polar surface area (TPSA) is 70.2 Å². The smallest absolute Gasteiger partial charge is 0.242 e. The van der Waals surface area contributed by atoms with Crippen molar-refractivity contribution in [3.05, 3.63) is 0 Å². The highest BCUT2D eigenvalue weighted by Gasteiger charge is 2.25. The minimum atomic E-state index is -0.487. The van der Waals surface area contributed by atoms with E-state index in [0.29, 0.717) is 6.54 Å². The average Bonchev–Trinajstić information content (AvgIpc) is 2.27. The summed E-state index contributed by atoms with van der Waals surface area (Å²) in [5.41, 5.74) is -0.275. The van der Waals surface area contributed by atoms with Gasteiger partial charge in [-0.2, -0.15) is 0 Å². The van der Waals surface area contributed by atoms with Crippen LogP contribution in [0.1, 0.15) is 40.5 Å². The summed E-state index contributed by atoms with van der Waals surface area (Å²) in [6.45, 7) is 9.16. The van der Waals surface area contributed by atoms with Gasteiger partial charge in [-0.1, -0.05) is 0 Å². The third-order valence-corrected chi connectivity index (χ3v) is 2.92. The van der Waals surface area contributed by atoms with Crippen LogP contribution in [-0.2, 0) is 9.59 Å². The number of rotatable bonds is 3. The molecule has 0 aliphatic carbocycles. The molecule has 6 heteroatoms. The van der Waals surface area contributed by atoms with Crippen molar-refractivity contribution in [2.24, 2.45) is 5.92 Å². The third-order valence-electron chi connectivity index (χ3n) is 2.92. The summed E-state index contributed by atoms with van der Waals surface area (Å²) < 4.78 is 0. The molecule has 1 aliphatic heterocycles. The normalized spacial score (nSPS) is 20.9. The Morgan fingerprint density at radius 2 is 1.95 bits per heavy atom. The van der Waals surface area contributed by atoms with Crippen LogP contribution in [-0.4, -0.2) is 36.5 Å². The molecular formula is C13H26ClN3O2. The predicted molar refractivity (Wildman–Crippen MR) is 78.3 cm³/mol. The zero-order valence-electron chi connectivity index (χ0n) is 12.2. The van der Waals surface area contributed by atoms with Crippen molar-refractivity contribution in [3.63, 3.8) is 0 Å². The van der Waals surface area contributed by atoms with Crippen LogP contribution in [0.4, 0.5) is 0 Å². The number of amides is 2. The van der Waals surface area contributed by atoms with E-state index in [2.05, 4.69) is 16.0 Å². The van der Waals surface area contributed by atoms with Gasteiger partial charge in [0, 0.05) is 12.1 Å². The molecule has 19 heavy (non-hydrogen) atoms. The van der Waals surface area contributed by atoms with Gasteiger partial charge >= 0.3 is 0 Å². The fraction of sp³-hybridized carbons (Fsp3) is 0.846. The number of hydrogen-bond acceptors (Lipinski definition) is 3. The van der Waals surface area contributed by atoms with Gasteiger partial charge in [0.1, 0.15) is 6.04 Å². The monoisotopic (exact) mass is 291 g/mol. The molecule has 112 valence electrons. The zero-order valence-corrected chi connectivity index (χ0v) is 13.0. The van der Waals surface area contributed by atoms with E-state index < -0.39 is 6.04 Å². The Labute approximate surface area is 121 Å². The number of piperidine rings is 1. The Balaban J connectivity index is 0.00000324. The number of carbonyl (C=O) groups is 2. The highest BCUT2D eigenvalue weighted by molar-refractivity contribution is 5.88. The molecule has 1 fully saturated rings. The molecule has 0 aromatic rings. The van der Waals surface area contributed by atoms with Crippen LogP contribution < -0.4 is 16.0 Å². The van der Waals surface area contributed by atoms with Crippen molar-refractivity contribution in [2.45, 2.75) is 52.1 Å². The first kappa shape index (κ1) is 18.2. The molecule has 1 aliphatic rings. The van der Waals surface area contributed by atoms with Gasteiger partial charge in [0.2, 0.25) is 11.8 Å². The van der Waals surface area contributed by atoms with Crippen LogP contribution >= 0.6 is 12.4 Å². The van der Waals surface area contributed by atoms with Crippen molar-refractivity contribution in [3.8, 4) is 0 Å². The summed E-state index contributed by atoms with van der Waals surface area (Å²) in [5, 5.41) is 8.83. The van der Waals surface area contributed by atoms with E-state index in [-0.39, 0.29) is 35.7 Å². The van der Waals surface area contributed by atoms with Crippen molar-refractivity contribution in [2.75, 3.05) is 13.1 Å². The molecule has 1 rings (SSSR count). The third kappa shape index (κ3) is 6.78. The first-order chi connectivity index (χ1) is 8.29. The van der Waals surface area contributed by atoms with Crippen LogP contribution in [0.15, 0.2) is 0 Å². The van der Waals surface area contributed by atoms with E-state index in [4.69, 9.17) is 0 Å². The fourth-order valence-corrected chi connectivity index (χ4v) is 1.95. The maximum atomic E-state index is 11.9. The summed E-state index contributed by atoms with van der Waals surface area (Å²) in [7, 11) is 0. The van der Waals surface area contributed by atoms with Gasteiger partial charge in [0.25, 0.3) is 0 Å². The Morgan fingerprint density at radius 3 is 2.42 bits per heavy atom. The van der Waals surface area contributed by atoms with E-state index >= 15 is 0 Å². The molecule has 2 amide bonds. The Morgan fingerprint density at radius 1 is 1.32 bits per heavy atom. The molecule has 0 spiro atoms. The SMILES string of the molecule is CC(NC(=O)C1CCCNC1)C(=O)NC(C)(C)C.Cl. The molecule has 1 heterocycles. The van der Waals surface area contributed by atoms with Crippen LogP contribution in [0, 0.1) is 5.92 Å². The lowest BCUT2D eigenvalue weighted by atomic mass is 9.98. The van der Waals surface area contributed by atoms with Gasteiger partial charge in [0.05, 0.1) is 5.92 Å². The molecular weight excluding hydrogens is 266 g/mol. The minimum absolute atomic E-state index is 0. The molecule has 0 aromatic heterocycles. The average molecular weight is 292 g/mol. The Hall–Kier alpha value is -0.810. The van der Waals surface area contributed by atoms with Gasteiger partial charge in [-0.25, -0.2) is 0 Å². The molecule has 0 radical (unpaired) electrons. The molecule has 2 unspecified atom stereocenters.